The Balaban J connectivity index is 2.95. The van der Waals surface area contributed by atoms with Crippen molar-refractivity contribution >= 4 is 17.7 Å². The molecule has 0 radical (unpaired) electrons. The second kappa shape index (κ2) is 8.01. The fraction of sp³-hybridized carbons (Fsp3) is 0.357. The SMILES string of the molecule is CCCOc1ccc(/C=C/C(=O)N(C)OC)cc1[N+](=O)[O-]. The summed E-state index contributed by atoms with van der Waals surface area (Å²) in [4.78, 5) is 26.8. The van der Waals surface area contributed by atoms with Crippen molar-refractivity contribution in [2.75, 3.05) is 20.8 Å². The van der Waals surface area contributed by atoms with E-state index in [4.69, 9.17) is 9.57 Å². The predicted octanol–water partition coefficient (Wildman–Crippen LogP) is 2.42. The lowest BCUT2D eigenvalue weighted by Gasteiger charge is -2.10. The van der Waals surface area contributed by atoms with E-state index in [1.54, 1.807) is 6.07 Å². The zero-order valence-corrected chi connectivity index (χ0v) is 12.2. The molecular weight excluding hydrogens is 276 g/mol. The van der Waals surface area contributed by atoms with Crippen LogP contribution in [0, 0.1) is 10.1 Å². The summed E-state index contributed by atoms with van der Waals surface area (Å²) in [7, 11) is 2.84. The molecule has 0 N–H and O–H groups in total. The number of carbonyl (C=O) groups is 1. The molecule has 1 aromatic rings. The van der Waals surface area contributed by atoms with Gasteiger partial charge in [0.2, 0.25) is 0 Å². The average molecular weight is 294 g/mol. The number of ether oxygens (including phenoxy) is 1. The number of nitrogens with zero attached hydrogens (tertiary/aromatic N) is 2. The number of hydroxylamine groups is 2. The highest BCUT2D eigenvalue weighted by Crippen LogP contribution is 2.28. The van der Waals surface area contributed by atoms with Gasteiger partial charge in [-0.3, -0.25) is 19.7 Å². The van der Waals surface area contributed by atoms with Gasteiger partial charge in [0.15, 0.2) is 5.75 Å². The number of rotatable bonds is 7. The van der Waals surface area contributed by atoms with Crippen LogP contribution >= 0.6 is 0 Å². The van der Waals surface area contributed by atoms with Crippen molar-refractivity contribution in [1.82, 2.24) is 5.06 Å². The van der Waals surface area contributed by atoms with E-state index >= 15 is 0 Å². The van der Waals surface area contributed by atoms with E-state index in [1.807, 2.05) is 6.92 Å². The van der Waals surface area contributed by atoms with Gasteiger partial charge in [0, 0.05) is 19.2 Å². The Hall–Kier alpha value is -2.41. The van der Waals surface area contributed by atoms with E-state index in [9.17, 15) is 14.9 Å². The zero-order chi connectivity index (χ0) is 15.8. The van der Waals surface area contributed by atoms with Crippen molar-refractivity contribution in [2.45, 2.75) is 13.3 Å². The maximum Gasteiger partial charge on any atom is 0.311 e. The molecule has 1 aromatic carbocycles. The van der Waals surface area contributed by atoms with Crippen LogP contribution in [0.15, 0.2) is 24.3 Å². The van der Waals surface area contributed by atoms with Gasteiger partial charge < -0.3 is 4.74 Å². The van der Waals surface area contributed by atoms with Gasteiger partial charge in [-0.25, -0.2) is 5.06 Å². The molecule has 21 heavy (non-hydrogen) atoms. The fourth-order valence-electron chi connectivity index (χ4n) is 1.48. The number of likely N-dealkylation sites (N-methyl/N-ethyl adjacent to an activating group) is 1. The molecule has 7 heteroatoms. The number of nitro groups is 1. The van der Waals surface area contributed by atoms with E-state index in [0.717, 1.165) is 11.5 Å². The number of hydrogen-bond donors (Lipinski definition) is 0. The van der Waals surface area contributed by atoms with E-state index in [0.29, 0.717) is 12.2 Å². The van der Waals surface area contributed by atoms with Gasteiger partial charge in [-0.1, -0.05) is 13.0 Å². The Morgan fingerprint density at radius 3 is 2.76 bits per heavy atom. The van der Waals surface area contributed by atoms with Crippen molar-refractivity contribution in [3.05, 3.63) is 40.0 Å². The molecule has 1 amide bonds. The van der Waals surface area contributed by atoms with Crippen LogP contribution in [0.4, 0.5) is 5.69 Å². The first-order valence-electron chi connectivity index (χ1n) is 6.40. The summed E-state index contributed by atoms with van der Waals surface area (Å²) in [5.41, 5.74) is 0.404. The first-order chi connectivity index (χ1) is 9.99. The summed E-state index contributed by atoms with van der Waals surface area (Å²) in [5.74, 6) is -0.147. The molecule has 0 saturated heterocycles. The summed E-state index contributed by atoms with van der Waals surface area (Å²) in [5, 5.41) is 12.1. The van der Waals surface area contributed by atoms with Crippen LogP contribution in [0.2, 0.25) is 0 Å². The van der Waals surface area contributed by atoms with Gasteiger partial charge in [-0.15, -0.1) is 0 Å². The number of amides is 1. The van der Waals surface area contributed by atoms with Crippen molar-refractivity contribution in [3.63, 3.8) is 0 Å². The van der Waals surface area contributed by atoms with Gasteiger partial charge in [0.25, 0.3) is 5.91 Å². The van der Waals surface area contributed by atoms with Crippen molar-refractivity contribution < 1.29 is 19.3 Å². The third-order valence-electron chi connectivity index (χ3n) is 2.64. The predicted molar refractivity (Wildman–Crippen MR) is 77.7 cm³/mol. The van der Waals surface area contributed by atoms with E-state index in [-0.39, 0.29) is 17.3 Å². The highest BCUT2D eigenvalue weighted by molar-refractivity contribution is 5.91. The Bertz CT molecular complexity index is 542. The minimum absolute atomic E-state index is 0.127. The molecule has 0 heterocycles. The van der Waals surface area contributed by atoms with Gasteiger partial charge in [0.1, 0.15) is 0 Å². The lowest BCUT2D eigenvalue weighted by atomic mass is 10.1. The quantitative estimate of drug-likeness (QED) is 0.438. The second-order valence-corrected chi connectivity index (χ2v) is 4.18. The number of nitro benzene ring substituents is 1. The molecule has 7 nitrogen and oxygen atoms in total. The maximum absolute atomic E-state index is 11.5. The molecule has 0 aliphatic rings. The third-order valence-corrected chi connectivity index (χ3v) is 2.64. The lowest BCUT2D eigenvalue weighted by molar-refractivity contribution is -0.385. The smallest absolute Gasteiger partial charge is 0.311 e. The molecule has 0 unspecified atom stereocenters. The number of hydrogen-bond acceptors (Lipinski definition) is 5. The Morgan fingerprint density at radius 1 is 1.48 bits per heavy atom. The highest BCUT2D eigenvalue weighted by atomic mass is 16.7. The normalized spacial score (nSPS) is 10.6. The topological polar surface area (TPSA) is 81.9 Å². The van der Waals surface area contributed by atoms with E-state index in [2.05, 4.69) is 0 Å². The lowest BCUT2D eigenvalue weighted by Crippen LogP contribution is -2.22. The first kappa shape index (κ1) is 16.6. The number of carbonyl (C=O) groups excluding carboxylic acids is 1. The summed E-state index contributed by atoms with van der Waals surface area (Å²) >= 11 is 0. The van der Waals surface area contributed by atoms with Crippen molar-refractivity contribution in [1.29, 1.82) is 0 Å². The van der Waals surface area contributed by atoms with Crippen molar-refractivity contribution in [2.24, 2.45) is 0 Å². The molecule has 0 aliphatic heterocycles. The van der Waals surface area contributed by atoms with Crippen molar-refractivity contribution in [3.8, 4) is 5.75 Å². The minimum Gasteiger partial charge on any atom is -0.487 e. The van der Waals surface area contributed by atoms with E-state index in [1.165, 1.54) is 38.4 Å². The summed E-state index contributed by atoms with van der Waals surface area (Å²) < 4.78 is 5.32. The van der Waals surface area contributed by atoms with Crippen LogP contribution in [0.25, 0.3) is 6.08 Å². The zero-order valence-electron chi connectivity index (χ0n) is 12.2. The van der Waals surface area contributed by atoms with E-state index < -0.39 is 4.92 Å². The van der Waals surface area contributed by atoms with Gasteiger partial charge >= 0.3 is 5.69 Å². The molecule has 0 atom stereocenters. The van der Waals surface area contributed by atoms with Gasteiger partial charge in [-0.2, -0.15) is 0 Å². The molecule has 0 aliphatic carbocycles. The van der Waals surface area contributed by atoms with Crippen LogP contribution in [0.1, 0.15) is 18.9 Å². The van der Waals surface area contributed by atoms with Crippen LogP contribution in [0.5, 0.6) is 5.75 Å². The van der Waals surface area contributed by atoms with Crippen LogP contribution in [-0.2, 0) is 9.63 Å². The molecule has 0 spiro atoms. The van der Waals surface area contributed by atoms with Crippen LogP contribution < -0.4 is 4.74 Å². The molecule has 1 rings (SSSR count). The Morgan fingerprint density at radius 2 is 2.19 bits per heavy atom. The second-order valence-electron chi connectivity index (χ2n) is 4.18. The Labute approximate surface area is 122 Å². The number of benzene rings is 1. The molecule has 0 fully saturated rings. The average Bonchev–Trinajstić information content (AvgIpc) is 2.49. The summed E-state index contributed by atoms with van der Waals surface area (Å²) in [6, 6.07) is 4.54. The van der Waals surface area contributed by atoms with Crippen LogP contribution in [-0.4, -0.2) is 36.7 Å². The molecule has 0 saturated carbocycles. The third kappa shape index (κ3) is 4.88. The molecule has 0 bridgehead atoms. The molecule has 114 valence electrons. The first-order valence-corrected chi connectivity index (χ1v) is 6.40. The Kier molecular flexibility index (Phi) is 6.35. The maximum atomic E-state index is 11.5. The molecule has 0 aromatic heterocycles. The highest BCUT2D eigenvalue weighted by Gasteiger charge is 2.15. The summed E-state index contributed by atoms with van der Waals surface area (Å²) in [6.45, 7) is 2.33. The van der Waals surface area contributed by atoms with Crippen LogP contribution in [0.3, 0.4) is 0 Å². The largest absolute Gasteiger partial charge is 0.487 e. The standard InChI is InChI=1S/C14H18N2O5/c1-4-9-21-13-7-5-11(10-12(13)16(18)19)6-8-14(17)15(2)20-3/h5-8,10H,4,9H2,1-3H3/b8-6+. The molecular formula is C14H18N2O5. The van der Waals surface area contributed by atoms with Gasteiger partial charge in [0.05, 0.1) is 18.6 Å². The fourth-order valence-corrected chi connectivity index (χ4v) is 1.48. The monoisotopic (exact) mass is 294 g/mol. The summed E-state index contributed by atoms with van der Waals surface area (Å²) in [6.07, 6.45) is 3.51. The minimum atomic E-state index is -0.508. The van der Waals surface area contributed by atoms with Gasteiger partial charge in [-0.05, 0) is 24.1 Å².